The molecule has 1 aliphatic heterocycles. The van der Waals surface area contributed by atoms with Crippen LogP contribution >= 0.6 is 0 Å². The molecule has 1 heterocycles. The first-order valence-electron chi connectivity index (χ1n) is 5.57. The molecule has 1 saturated heterocycles. The Morgan fingerprint density at radius 3 is 2.50 bits per heavy atom. The fourth-order valence-corrected chi connectivity index (χ4v) is 2.15. The predicted molar refractivity (Wildman–Crippen MR) is 55.8 cm³/mol. The normalized spacial score (nSPS) is 20.9. The predicted octanol–water partition coefficient (Wildman–Crippen LogP) is 1.26. The molecule has 0 aliphatic carbocycles. The molecule has 3 nitrogen and oxygen atoms in total. The number of carbonyl (C=O) groups excluding carboxylic acids is 1. The molecule has 1 aliphatic rings. The van der Waals surface area contributed by atoms with E-state index < -0.39 is 0 Å². The number of carbonyl (C=O) groups is 1. The van der Waals surface area contributed by atoms with Crippen LogP contribution in [0.25, 0.3) is 0 Å². The Labute approximate surface area is 86.1 Å². The average molecular weight is 199 g/mol. The second kappa shape index (κ2) is 5.35. The van der Waals surface area contributed by atoms with Crippen LogP contribution in [0.2, 0.25) is 0 Å². The van der Waals surface area contributed by atoms with Gasteiger partial charge in [0.25, 0.3) is 0 Å². The topological polar surface area (TPSA) is 40.5 Å². The molecule has 0 aromatic rings. The van der Waals surface area contributed by atoms with E-state index in [1.165, 1.54) is 6.42 Å². The first-order valence-corrected chi connectivity index (χ1v) is 5.57. The summed E-state index contributed by atoms with van der Waals surface area (Å²) in [4.78, 5) is 13.0. The van der Waals surface area contributed by atoms with E-state index in [9.17, 15) is 4.79 Å². The molecule has 0 aromatic heterocycles. The maximum atomic E-state index is 11.2. The summed E-state index contributed by atoms with van der Waals surface area (Å²) >= 11 is 0. The molecule has 3 heteroatoms. The third kappa shape index (κ3) is 2.71. The Bertz CT molecular complexity index is 186. The zero-order valence-corrected chi connectivity index (χ0v) is 9.20. The molecule has 0 radical (unpaired) electrons. The summed E-state index contributed by atoms with van der Waals surface area (Å²) in [6, 6.07) is 0. The SMILES string of the molecule is CCC(C)C1CCN(C(=O)CO)CC1. The third-order valence-electron chi connectivity index (χ3n) is 3.48. The van der Waals surface area contributed by atoms with Crippen molar-refractivity contribution in [1.82, 2.24) is 4.90 Å². The zero-order chi connectivity index (χ0) is 10.6. The van der Waals surface area contributed by atoms with Gasteiger partial charge < -0.3 is 10.0 Å². The van der Waals surface area contributed by atoms with Crippen molar-refractivity contribution in [2.24, 2.45) is 11.8 Å². The van der Waals surface area contributed by atoms with Crippen LogP contribution in [0.15, 0.2) is 0 Å². The second-order valence-corrected chi connectivity index (χ2v) is 4.26. The standard InChI is InChI=1S/C11H21NO2/c1-3-9(2)10-4-6-12(7-5-10)11(14)8-13/h9-10,13H,3-8H2,1-2H3. The van der Waals surface area contributed by atoms with Gasteiger partial charge in [0.1, 0.15) is 6.61 Å². The van der Waals surface area contributed by atoms with Crippen molar-refractivity contribution in [1.29, 1.82) is 0 Å². The summed E-state index contributed by atoms with van der Waals surface area (Å²) in [6.07, 6.45) is 3.42. The van der Waals surface area contributed by atoms with Crippen LogP contribution < -0.4 is 0 Å². The van der Waals surface area contributed by atoms with Crippen molar-refractivity contribution < 1.29 is 9.90 Å². The van der Waals surface area contributed by atoms with Gasteiger partial charge in [-0.1, -0.05) is 20.3 Å². The molecule has 0 saturated carbocycles. The molecule has 1 amide bonds. The van der Waals surface area contributed by atoms with Crippen molar-refractivity contribution in [3.8, 4) is 0 Å². The molecule has 1 unspecified atom stereocenters. The Kier molecular flexibility index (Phi) is 4.39. The van der Waals surface area contributed by atoms with E-state index in [0.29, 0.717) is 0 Å². The number of hydrogen-bond donors (Lipinski definition) is 1. The van der Waals surface area contributed by atoms with E-state index >= 15 is 0 Å². The van der Waals surface area contributed by atoms with Crippen LogP contribution in [0, 0.1) is 11.8 Å². The van der Waals surface area contributed by atoms with E-state index in [1.807, 2.05) is 0 Å². The molecule has 0 bridgehead atoms. The number of likely N-dealkylation sites (tertiary alicyclic amines) is 1. The summed E-state index contributed by atoms with van der Waals surface area (Å²) in [6.45, 7) is 5.82. The zero-order valence-electron chi connectivity index (χ0n) is 9.20. The van der Waals surface area contributed by atoms with Gasteiger partial charge in [0, 0.05) is 13.1 Å². The number of aliphatic hydroxyl groups is 1. The van der Waals surface area contributed by atoms with Gasteiger partial charge in [-0.25, -0.2) is 0 Å². The second-order valence-electron chi connectivity index (χ2n) is 4.26. The van der Waals surface area contributed by atoms with Crippen molar-refractivity contribution in [3.63, 3.8) is 0 Å². The number of hydrogen-bond acceptors (Lipinski definition) is 2. The lowest BCUT2D eigenvalue weighted by Gasteiger charge is -2.34. The largest absolute Gasteiger partial charge is 0.387 e. The Morgan fingerprint density at radius 2 is 2.07 bits per heavy atom. The number of aliphatic hydroxyl groups excluding tert-OH is 1. The summed E-state index contributed by atoms with van der Waals surface area (Å²) in [5, 5.41) is 8.72. The molecule has 1 N–H and O–H groups in total. The van der Waals surface area contributed by atoms with E-state index in [0.717, 1.165) is 37.8 Å². The molecule has 0 spiro atoms. The van der Waals surface area contributed by atoms with Gasteiger partial charge in [-0.15, -0.1) is 0 Å². The number of rotatable bonds is 3. The minimum atomic E-state index is -0.339. The van der Waals surface area contributed by atoms with Crippen LogP contribution in [0.4, 0.5) is 0 Å². The summed E-state index contributed by atoms with van der Waals surface area (Å²) < 4.78 is 0. The lowest BCUT2D eigenvalue weighted by molar-refractivity contribution is -0.135. The third-order valence-corrected chi connectivity index (χ3v) is 3.48. The minimum Gasteiger partial charge on any atom is -0.387 e. The van der Waals surface area contributed by atoms with Crippen molar-refractivity contribution in [2.75, 3.05) is 19.7 Å². The Morgan fingerprint density at radius 1 is 1.50 bits per heavy atom. The highest BCUT2D eigenvalue weighted by Gasteiger charge is 2.24. The fourth-order valence-electron chi connectivity index (χ4n) is 2.15. The highest BCUT2D eigenvalue weighted by molar-refractivity contribution is 5.77. The van der Waals surface area contributed by atoms with Gasteiger partial charge in [-0.05, 0) is 24.7 Å². The molecule has 0 aromatic carbocycles. The number of nitrogens with zero attached hydrogens (tertiary/aromatic N) is 1. The summed E-state index contributed by atoms with van der Waals surface area (Å²) in [5.74, 6) is 1.41. The molecule has 82 valence electrons. The minimum absolute atomic E-state index is 0.118. The number of piperidine rings is 1. The van der Waals surface area contributed by atoms with Gasteiger partial charge in [0.2, 0.25) is 5.91 Å². The van der Waals surface area contributed by atoms with Crippen LogP contribution in [0.3, 0.4) is 0 Å². The van der Waals surface area contributed by atoms with Gasteiger partial charge in [-0.2, -0.15) is 0 Å². The van der Waals surface area contributed by atoms with Gasteiger partial charge in [0.15, 0.2) is 0 Å². The molecule has 1 fully saturated rings. The molecule has 1 rings (SSSR count). The molecular formula is C11H21NO2. The van der Waals surface area contributed by atoms with Crippen LogP contribution in [-0.2, 0) is 4.79 Å². The van der Waals surface area contributed by atoms with Crippen molar-refractivity contribution in [2.45, 2.75) is 33.1 Å². The van der Waals surface area contributed by atoms with Crippen molar-refractivity contribution in [3.05, 3.63) is 0 Å². The number of amides is 1. The van der Waals surface area contributed by atoms with Crippen LogP contribution in [0.5, 0.6) is 0 Å². The average Bonchev–Trinajstić information content (AvgIpc) is 2.27. The highest BCUT2D eigenvalue weighted by atomic mass is 16.3. The maximum Gasteiger partial charge on any atom is 0.248 e. The Balaban J connectivity index is 2.34. The molecule has 1 atom stereocenters. The molecule has 14 heavy (non-hydrogen) atoms. The first kappa shape index (κ1) is 11.5. The monoisotopic (exact) mass is 199 g/mol. The summed E-state index contributed by atoms with van der Waals surface area (Å²) in [7, 11) is 0. The Hall–Kier alpha value is -0.570. The van der Waals surface area contributed by atoms with E-state index in [4.69, 9.17) is 5.11 Å². The van der Waals surface area contributed by atoms with E-state index in [1.54, 1.807) is 4.90 Å². The van der Waals surface area contributed by atoms with Crippen LogP contribution in [-0.4, -0.2) is 35.6 Å². The van der Waals surface area contributed by atoms with Crippen LogP contribution in [0.1, 0.15) is 33.1 Å². The first-order chi connectivity index (χ1) is 6.69. The lowest BCUT2D eigenvalue weighted by Crippen LogP contribution is -2.41. The fraction of sp³-hybridized carbons (Fsp3) is 0.909. The smallest absolute Gasteiger partial charge is 0.248 e. The highest BCUT2D eigenvalue weighted by Crippen LogP contribution is 2.26. The van der Waals surface area contributed by atoms with Gasteiger partial charge >= 0.3 is 0 Å². The quantitative estimate of drug-likeness (QED) is 0.743. The van der Waals surface area contributed by atoms with E-state index in [2.05, 4.69) is 13.8 Å². The van der Waals surface area contributed by atoms with E-state index in [-0.39, 0.29) is 12.5 Å². The van der Waals surface area contributed by atoms with Crippen molar-refractivity contribution >= 4 is 5.91 Å². The van der Waals surface area contributed by atoms with Gasteiger partial charge in [-0.3, -0.25) is 4.79 Å². The molecular weight excluding hydrogens is 178 g/mol. The maximum absolute atomic E-state index is 11.2. The summed E-state index contributed by atoms with van der Waals surface area (Å²) in [5.41, 5.74) is 0. The van der Waals surface area contributed by atoms with Gasteiger partial charge in [0.05, 0.1) is 0 Å². The lowest BCUT2D eigenvalue weighted by atomic mass is 9.84.